The van der Waals surface area contributed by atoms with Crippen molar-refractivity contribution in [2.45, 2.75) is 47.0 Å². The lowest BCUT2D eigenvalue weighted by atomic mass is 9.69. The van der Waals surface area contributed by atoms with Crippen LogP contribution in [0.3, 0.4) is 0 Å². The zero-order chi connectivity index (χ0) is 12.0. The predicted octanol–water partition coefficient (Wildman–Crippen LogP) is 3.70. The zero-order valence-corrected chi connectivity index (χ0v) is 11.0. The first kappa shape index (κ1) is 11.9. The van der Waals surface area contributed by atoms with Crippen LogP contribution in [0.15, 0.2) is 23.3 Å². The number of allylic oxidation sites excluding steroid dienone is 3. The number of aliphatic hydroxyl groups is 1. The maximum absolute atomic E-state index is 9.17. The van der Waals surface area contributed by atoms with Crippen LogP contribution in [0.1, 0.15) is 47.0 Å². The van der Waals surface area contributed by atoms with E-state index in [1.54, 1.807) is 5.57 Å². The third-order valence-electron chi connectivity index (χ3n) is 4.85. The molecular formula is C15H24O. The van der Waals surface area contributed by atoms with E-state index in [0.717, 1.165) is 11.5 Å². The summed E-state index contributed by atoms with van der Waals surface area (Å²) in [5, 5.41) is 9.17. The van der Waals surface area contributed by atoms with Crippen LogP contribution in [-0.4, -0.2) is 11.7 Å². The first-order valence-electron chi connectivity index (χ1n) is 6.39. The molecule has 0 spiro atoms. The van der Waals surface area contributed by atoms with Gasteiger partial charge in [-0.3, -0.25) is 0 Å². The van der Waals surface area contributed by atoms with Crippen LogP contribution in [0, 0.1) is 16.7 Å². The maximum atomic E-state index is 9.17. The summed E-state index contributed by atoms with van der Waals surface area (Å²) in [6.45, 7) is 9.26. The van der Waals surface area contributed by atoms with E-state index in [-0.39, 0.29) is 6.61 Å². The van der Waals surface area contributed by atoms with Gasteiger partial charge in [0, 0.05) is 0 Å². The molecule has 2 aliphatic rings. The summed E-state index contributed by atoms with van der Waals surface area (Å²) in [5.41, 5.74) is 3.41. The largest absolute Gasteiger partial charge is 0.392 e. The third kappa shape index (κ3) is 1.75. The molecule has 0 aromatic heterocycles. The average Bonchev–Trinajstić information content (AvgIpc) is 2.92. The lowest BCUT2D eigenvalue weighted by Gasteiger charge is -2.35. The molecule has 0 aromatic carbocycles. The molecule has 0 amide bonds. The molecular weight excluding hydrogens is 196 g/mol. The van der Waals surface area contributed by atoms with Crippen molar-refractivity contribution in [3.8, 4) is 0 Å². The van der Waals surface area contributed by atoms with Gasteiger partial charge in [0.25, 0.3) is 0 Å². The van der Waals surface area contributed by atoms with Crippen molar-refractivity contribution in [1.29, 1.82) is 0 Å². The molecule has 0 heterocycles. The van der Waals surface area contributed by atoms with E-state index in [0.29, 0.717) is 10.8 Å². The van der Waals surface area contributed by atoms with E-state index in [1.165, 1.54) is 19.3 Å². The van der Waals surface area contributed by atoms with Crippen LogP contribution in [0.4, 0.5) is 0 Å². The lowest BCUT2D eigenvalue weighted by Crippen LogP contribution is -2.28. The molecule has 0 bridgehead atoms. The van der Waals surface area contributed by atoms with E-state index in [2.05, 4.69) is 32.9 Å². The summed E-state index contributed by atoms with van der Waals surface area (Å²) in [6, 6.07) is 0. The van der Waals surface area contributed by atoms with E-state index in [4.69, 9.17) is 5.11 Å². The fraction of sp³-hybridized carbons (Fsp3) is 0.733. The van der Waals surface area contributed by atoms with Crippen LogP contribution in [0.2, 0.25) is 0 Å². The summed E-state index contributed by atoms with van der Waals surface area (Å²) in [7, 11) is 0. The van der Waals surface area contributed by atoms with Gasteiger partial charge in [-0.15, -0.1) is 0 Å². The second kappa shape index (κ2) is 3.73. The van der Waals surface area contributed by atoms with Gasteiger partial charge in [0.2, 0.25) is 0 Å². The highest BCUT2D eigenvalue weighted by Crippen LogP contribution is 2.63. The Kier molecular flexibility index (Phi) is 2.78. The number of aliphatic hydroxyl groups excluding tert-OH is 1. The molecule has 90 valence electrons. The van der Waals surface area contributed by atoms with Crippen molar-refractivity contribution in [1.82, 2.24) is 0 Å². The Morgan fingerprint density at radius 2 is 2.12 bits per heavy atom. The van der Waals surface area contributed by atoms with Crippen molar-refractivity contribution in [3.63, 3.8) is 0 Å². The van der Waals surface area contributed by atoms with Gasteiger partial charge in [0.15, 0.2) is 0 Å². The molecule has 2 rings (SSSR count). The number of hydrogen-bond donors (Lipinski definition) is 1. The molecule has 1 nitrogen and oxygen atoms in total. The normalized spacial score (nSPS) is 31.4. The number of rotatable bonds is 3. The van der Waals surface area contributed by atoms with Gasteiger partial charge >= 0.3 is 0 Å². The van der Waals surface area contributed by atoms with Crippen molar-refractivity contribution in [3.05, 3.63) is 23.3 Å². The van der Waals surface area contributed by atoms with Gasteiger partial charge in [-0.05, 0) is 49.9 Å². The van der Waals surface area contributed by atoms with Gasteiger partial charge in [-0.25, -0.2) is 0 Å². The van der Waals surface area contributed by atoms with E-state index in [1.807, 2.05) is 6.92 Å². The molecule has 1 fully saturated rings. The highest BCUT2D eigenvalue weighted by atomic mass is 16.3. The van der Waals surface area contributed by atoms with Gasteiger partial charge in [-0.2, -0.15) is 0 Å². The van der Waals surface area contributed by atoms with Crippen LogP contribution in [0.5, 0.6) is 0 Å². The Bertz CT molecular complexity index is 342. The molecule has 0 aliphatic heterocycles. The fourth-order valence-electron chi connectivity index (χ4n) is 3.35. The summed E-state index contributed by atoms with van der Waals surface area (Å²) in [6.07, 6.45) is 8.59. The summed E-state index contributed by atoms with van der Waals surface area (Å²) in [4.78, 5) is 0. The Morgan fingerprint density at radius 1 is 1.50 bits per heavy atom. The predicted molar refractivity (Wildman–Crippen MR) is 68.2 cm³/mol. The fourth-order valence-corrected chi connectivity index (χ4v) is 3.35. The first-order valence-corrected chi connectivity index (χ1v) is 6.39. The average molecular weight is 220 g/mol. The SMILES string of the molecule is CC1=CCC(C2(/C=C(\C)CO)CC2)C1(C)C. The molecule has 2 aliphatic carbocycles. The van der Waals surface area contributed by atoms with Crippen molar-refractivity contribution in [2.24, 2.45) is 16.7 Å². The van der Waals surface area contributed by atoms with Gasteiger partial charge < -0.3 is 5.11 Å². The smallest absolute Gasteiger partial charge is 0.0639 e. The third-order valence-corrected chi connectivity index (χ3v) is 4.85. The molecule has 0 aromatic rings. The monoisotopic (exact) mass is 220 g/mol. The van der Waals surface area contributed by atoms with Crippen LogP contribution in [0.25, 0.3) is 0 Å². The Balaban J connectivity index is 2.22. The summed E-state index contributed by atoms with van der Waals surface area (Å²) < 4.78 is 0. The van der Waals surface area contributed by atoms with Crippen LogP contribution in [-0.2, 0) is 0 Å². The maximum Gasteiger partial charge on any atom is 0.0639 e. The zero-order valence-electron chi connectivity index (χ0n) is 11.0. The molecule has 16 heavy (non-hydrogen) atoms. The molecule has 1 atom stereocenters. The van der Waals surface area contributed by atoms with Crippen molar-refractivity contribution in [2.75, 3.05) is 6.61 Å². The molecule has 1 unspecified atom stereocenters. The number of hydrogen-bond acceptors (Lipinski definition) is 1. The van der Waals surface area contributed by atoms with Crippen LogP contribution >= 0.6 is 0 Å². The molecule has 1 N–H and O–H groups in total. The summed E-state index contributed by atoms with van der Waals surface area (Å²) >= 11 is 0. The van der Waals surface area contributed by atoms with E-state index in [9.17, 15) is 0 Å². The Labute approximate surface area is 99.3 Å². The van der Waals surface area contributed by atoms with E-state index >= 15 is 0 Å². The molecule has 0 saturated heterocycles. The second-order valence-electron chi connectivity index (χ2n) is 6.28. The standard InChI is InChI=1S/C15H24O/c1-11(10-16)9-15(7-8-15)13-6-5-12(2)14(13,3)4/h5,9,13,16H,6-8,10H2,1-4H3/b11-9+. The lowest BCUT2D eigenvalue weighted by molar-refractivity contribution is 0.210. The second-order valence-corrected chi connectivity index (χ2v) is 6.28. The molecule has 1 heteroatoms. The minimum Gasteiger partial charge on any atom is -0.392 e. The molecule has 1 saturated carbocycles. The highest BCUT2D eigenvalue weighted by Gasteiger charge is 2.54. The topological polar surface area (TPSA) is 20.2 Å². The van der Waals surface area contributed by atoms with E-state index < -0.39 is 0 Å². The van der Waals surface area contributed by atoms with Gasteiger partial charge in [-0.1, -0.05) is 37.1 Å². The van der Waals surface area contributed by atoms with Crippen LogP contribution < -0.4 is 0 Å². The van der Waals surface area contributed by atoms with Gasteiger partial charge in [0.05, 0.1) is 6.61 Å². The quantitative estimate of drug-likeness (QED) is 0.719. The minimum atomic E-state index is 0.210. The Morgan fingerprint density at radius 3 is 2.50 bits per heavy atom. The highest BCUT2D eigenvalue weighted by molar-refractivity contribution is 5.28. The van der Waals surface area contributed by atoms with Crippen molar-refractivity contribution < 1.29 is 5.11 Å². The minimum absolute atomic E-state index is 0.210. The Hall–Kier alpha value is -0.560. The van der Waals surface area contributed by atoms with Crippen molar-refractivity contribution >= 4 is 0 Å². The first-order chi connectivity index (χ1) is 7.42. The molecule has 0 radical (unpaired) electrons. The van der Waals surface area contributed by atoms with Gasteiger partial charge in [0.1, 0.15) is 0 Å². The summed E-state index contributed by atoms with van der Waals surface area (Å²) in [5.74, 6) is 0.737.